The molecular formula is C30H26ClN3O4S. The van der Waals surface area contributed by atoms with Crippen molar-refractivity contribution in [3.8, 4) is 0 Å². The summed E-state index contributed by atoms with van der Waals surface area (Å²) in [4.78, 5) is 39.3. The molecule has 9 heteroatoms. The van der Waals surface area contributed by atoms with Crippen LogP contribution in [-0.4, -0.2) is 23.0 Å². The lowest BCUT2D eigenvalue weighted by Crippen LogP contribution is -2.30. The zero-order valence-corrected chi connectivity index (χ0v) is 22.8. The second kappa shape index (κ2) is 13.0. The first-order chi connectivity index (χ1) is 18.8. The quantitative estimate of drug-likeness (QED) is 0.155. The van der Waals surface area contributed by atoms with Gasteiger partial charge in [0.05, 0.1) is 11.5 Å². The van der Waals surface area contributed by atoms with Crippen LogP contribution in [0, 0.1) is 6.92 Å². The minimum Gasteiger partial charge on any atom is -0.465 e. The van der Waals surface area contributed by atoms with Gasteiger partial charge in [-0.05, 0) is 80.1 Å². The van der Waals surface area contributed by atoms with E-state index < -0.39 is 11.8 Å². The van der Waals surface area contributed by atoms with Gasteiger partial charge in [0.15, 0.2) is 0 Å². The number of anilines is 2. The average molecular weight is 560 g/mol. The maximum atomic E-state index is 13.1. The highest BCUT2D eigenvalue weighted by molar-refractivity contribution is 8.00. The van der Waals surface area contributed by atoms with Gasteiger partial charge in [-0.2, -0.15) is 0 Å². The SMILES string of the molecule is Cc1ccc(Cl)cc1NC(=O)C(C)Sc1ccc(NC(=O)/C(=C/c2ccco2)NC(=O)c2ccccc2)cc1. The fraction of sp³-hybridized carbons (Fsp3) is 0.100. The van der Waals surface area contributed by atoms with E-state index >= 15 is 0 Å². The Balaban J connectivity index is 1.40. The molecule has 4 aromatic rings. The fourth-order valence-electron chi connectivity index (χ4n) is 3.49. The van der Waals surface area contributed by atoms with Crippen LogP contribution < -0.4 is 16.0 Å². The molecule has 3 N–H and O–H groups in total. The first-order valence-corrected chi connectivity index (χ1v) is 13.3. The summed E-state index contributed by atoms with van der Waals surface area (Å²) in [6.45, 7) is 3.72. The van der Waals surface area contributed by atoms with Crippen molar-refractivity contribution in [3.05, 3.63) is 119 Å². The number of halogens is 1. The molecule has 0 bridgehead atoms. The Morgan fingerprint density at radius 3 is 2.36 bits per heavy atom. The molecular weight excluding hydrogens is 534 g/mol. The lowest BCUT2D eigenvalue weighted by atomic mass is 10.2. The molecule has 0 saturated carbocycles. The van der Waals surface area contributed by atoms with Gasteiger partial charge < -0.3 is 20.4 Å². The van der Waals surface area contributed by atoms with Crippen LogP contribution in [0.5, 0.6) is 0 Å². The first-order valence-electron chi connectivity index (χ1n) is 12.0. The van der Waals surface area contributed by atoms with Crippen LogP contribution in [0.25, 0.3) is 6.08 Å². The molecule has 198 valence electrons. The molecule has 4 rings (SSSR count). The Morgan fingerprint density at radius 2 is 1.67 bits per heavy atom. The highest BCUT2D eigenvalue weighted by Crippen LogP contribution is 2.27. The maximum absolute atomic E-state index is 13.1. The molecule has 0 saturated heterocycles. The van der Waals surface area contributed by atoms with Gasteiger partial charge in [-0.15, -0.1) is 11.8 Å². The van der Waals surface area contributed by atoms with Crippen molar-refractivity contribution in [2.75, 3.05) is 10.6 Å². The van der Waals surface area contributed by atoms with Crippen LogP contribution in [-0.2, 0) is 9.59 Å². The summed E-state index contributed by atoms with van der Waals surface area (Å²) in [6, 6.07) is 24.4. The molecule has 0 aliphatic carbocycles. The second-order valence-corrected chi connectivity index (χ2v) is 10.4. The number of carbonyl (C=O) groups is 3. The molecule has 0 aliphatic rings. The summed E-state index contributed by atoms with van der Waals surface area (Å²) in [5, 5.41) is 8.55. The molecule has 1 heterocycles. The number of nitrogens with one attached hydrogen (secondary N) is 3. The summed E-state index contributed by atoms with van der Waals surface area (Å²) >= 11 is 7.44. The Kier molecular flexibility index (Phi) is 9.25. The molecule has 7 nitrogen and oxygen atoms in total. The van der Waals surface area contributed by atoms with E-state index in [0.29, 0.717) is 27.7 Å². The summed E-state index contributed by atoms with van der Waals surface area (Å²) < 4.78 is 5.32. The van der Waals surface area contributed by atoms with Crippen LogP contribution >= 0.6 is 23.4 Å². The summed E-state index contributed by atoms with van der Waals surface area (Å²) in [5.41, 5.74) is 2.57. The van der Waals surface area contributed by atoms with Gasteiger partial charge in [-0.25, -0.2) is 0 Å². The summed E-state index contributed by atoms with van der Waals surface area (Å²) in [6.07, 6.45) is 2.94. The number of hydrogen-bond donors (Lipinski definition) is 3. The van der Waals surface area contributed by atoms with Crippen molar-refractivity contribution in [1.82, 2.24) is 5.32 Å². The van der Waals surface area contributed by atoms with Gasteiger partial charge in [-0.1, -0.05) is 35.9 Å². The Labute approximate surface area is 235 Å². The topological polar surface area (TPSA) is 100 Å². The zero-order valence-electron chi connectivity index (χ0n) is 21.2. The van der Waals surface area contributed by atoms with Crippen molar-refractivity contribution in [2.45, 2.75) is 24.0 Å². The number of amides is 3. The van der Waals surface area contributed by atoms with Crippen LogP contribution in [0.4, 0.5) is 11.4 Å². The van der Waals surface area contributed by atoms with E-state index in [1.807, 2.05) is 32.0 Å². The van der Waals surface area contributed by atoms with Crippen molar-refractivity contribution < 1.29 is 18.8 Å². The van der Waals surface area contributed by atoms with Crippen molar-refractivity contribution >= 4 is 58.5 Å². The number of benzene rings is 3. The lowest BCUT2D eigenvalue weighted by Gasteiger charge is -2.14. The number of aryl methyl sites for hydroxylation is 1. The van der Waals surface area contributed by atoms with Crippen LogP contribution in [0.2, 0.25) is 5.02 Å². The average Bonchev–Trinajstić information content (AvgIpc) is 3.45. The molecule has 39 heavy (non-hydrogen) atoms. The van der Waals surface area contributed by atoms with Crippen LogP contribution in [0.1, 0.15) is 28.6 Å². The molecule has 3 amide bonds. The van der Waals surface area contributed by atoms with Gasteiger partial charge in [0.1, 0.15) is 11.5 Å². The Hall–Kier alpha value is -4.27. The highest BCUT2D eigenvalue weighted by atomic mass is 35.5. The molecule has 0 spiro atoms. The Bertz CT molecular complexity index is 1490. The van der Waals surface area contributed by atoms with Crippen molar-refractivity contribution in [3.63, 3.8) is 0 Å². The smallest absolute Gasteiger partial charge is 0.272 e. The first kappa shape index (κ1) is 27.8. The highest BCUT2D eigenvalue weighted by Gasteiger charge is 2.18. The lowest BCUT2D eigenvalue weighted by molar-refractivity contribution is -0.115. The molecule has 0 radical (unpaired) electrons. The molecule has 0 fully saturated rings. The minimum absolute atomic E-state index is 0.0267. The zero-order chi connectivity index (χ0) is 27.8. The van der Waals surface area contributed by atoms with Gasteiger partial charge in [-0.3, -0.25) is 14.4 Å². The maximum Gasteiger partial charge on any atom is 0.272 e. The number of furan rings is 1. The van der Waals surface area contributed by atoms with E-state index in [1.54, 1.807) is 66.7 Å². The van der Waals surface area contributed by atoms with Gasteiger partial charge in [0.2, 0.25) is 5.91 Å². The third-order valence-electron chi connectivity index (χ3n) is 5.61. The van der Waals surface area contributed by atoms with Gasteiger partial charge >= 0.3 is 0 Å². The summed E-state index contributed by atoms with van der Waals surface area (Å²) in [5.74, 6) is -0.665. The largest absolute Gasteiger partial charge is 0.465 e. The van der Waals surface area contributed by atoms with E-state index in [-0.39, 0.29) is 16.9 Å². The number of thioether (sulfide) groups is 1. The minimum atomic E-state index is -0.513. The number of rotatable bonds is 9. The third kappa shape index (κ3) is 7.86. The van der Waals surface area contributed by atoms with E-state index in [4.69, 9.17) is 16.0 Å². The predicted molar refractivity (Wildman–Crippen MR) is 156 cm³/mol. The van der Waals surface area contributed by atoms with E-state index in [2.05, 4.69) is 16.0 Å². The van der Waals surface area contributed by atoms with Crippen molar-refractivity contribution in [1.29, 1.82) is 0 Å². The van der Waals surface area contributed by atoms with E-state index in [9.17, 15) is 14.4 Å². The van der Waals surface area contributed by atoms with Gasteiger partial charge in [0.25, 0.3) is 11.8 Å². The number of carbonyl (C=O) groups excluding carboxylic acids is 3. The number of hydrogen-bond acceptors (Lipinski definition) is 5. The van der Waals surface area contributed by atoms with E-state index in [0.717, 1.165) is 10.5 Å². The molecule has 3 aromatic carbocycles. The molecule has 1 aromatic heterocycles. The molecule has 1 unspecified atom stereocenters. The van der Waals surface area contributed by atoms with E-state index in [1.165, 1.54) is 24.1 Å². The summed E-state index contributed by atoms with van der Waals surface area (Å²) in [7, 11) is 0. The predicted octanol–water partition coefficient (Wildman–Crippen LogP) is 6.77. The van der Waals surface area contributed by atoms with Crippen LogP contribution in [0.3, 0.4) is 0 Å². The monoisotopic (exact) mass is 559 g/mol. The standard InChI is InChI=1S/C30H26ClN3O4S/c1-19-10-11-22(31)17-26(19)33-28(35)20(2)39-25-14-12-23(13-15-25)32-30(37)27(18-24-9-6-16-38-24)34-29(36)21-7-4-3-5-8-21/h3-18,20H,1-2H3,(H,32,37)(H,33,35)(H,34,36)/b27-18-. The second-order valence-electron chi connectivity index (χ2n) is 8.58. The van der Waals surface area contributed by atoms with Gasteiger partial charge in [0, 0.05) is 32.9 Å². The molecule has 1 atom stereocenters. The third-order valence-corrected chi connectivity index (χ3v) is 6.96. The Morgan fingerprint density at radius 1 is 0.923 bits per heavy atom. The fourth-order valence-corrected chi connectivity index (χ4v) is 4.53. The van der Waals surface area contributed by atoms with Crippen LogP contribution in [0.15, 0.2) is 106 Å². The van der Waals surface area contributed by atoms with Crippen molar-refractivity contribution in [2.24, 2.45) is 0 Å². The normalized spacial score (nSPS) is 11.9. The molecule has 0 aliphatic heterocycles.